The third-order valence-corrected chi connectivity index (χ3v) is 3.78. The second kappa shape index (κ2) is 5.30. The first-order chi connectivity index (χ1) is 9.75. The summed E-state index contributed by atoms with van der Waals surface area (Å²) in [4.78, 5) is 29.1. The molecule has 0 radical (unpaired) electrons. The van der Waals surface area contributed by atoms with Crippen molar-refractivity contribution in [3.05, 3.63) is 80.2 Å². The van der Waals surface area contributed by atoms with Gasteiger partial charge in [-0.2, -0.15) is 0 Å². The molecule has 0 saturated heterocycles. The molecule has 0 unspecified atom stereocenters. The van der Waals surface area contributed by atoms with Crippen LogP contribution in [0, 0.1) is 0 Å². The number of hydrogen-bond acceptors (Lipinski definition) is 4. The fraction of sp³-hybridized carbons (Fsp3) is 0.0667. The highest BCUT2D eigenvalue weighted by Crippen LogP contribution is 2.10. The maximum atomic E-state index is 12.2. The molecule has 0 amide bonds. The Hall–Kier alpha value is -2.40. The summed E-state index contributed by atoms with van der Waals surface area (Å²) in [6, 6.07) is 16.4. The average Bonchev–Trinajstić information content (AvgIpc) is 2.48. The Labute approximate surface area is 118 Å². The van der Waals surface area contributed by atoms with E-state index in [0.29, 0.717) is 10.1 Å². The largest absolute Gasteiger partial charge is 0.402 e. The number of rotatable bonds is 3. The van der Waals surface area contributed by atoms with E-state index in [4.69, 9.17) is 4.84 Å². The van der Waals surface area contributed by atoms with Crippen LogP contribution in [0.15, 0.2) is 64.2 Å². The van der Waals surface area contributed by atoms with Gasteiger partial charge in [-0.25, -0.2) is 0 Å². The molecule has 0 aliphatic rings. The van der Waals surface area contributed by atoms with E-state index in [1.807, 2.05) is 30.3 Å². The number of hydrogen-bond donors (Lipinski definition) is 0. The summed E-state index contributed by atoms with van der Waals surface area (Å²) in [5.41, 5.74) is 0.484. The number of fused-ring (bicyclic) bond motifs is 1. The molecule has 0 atom stereocenters. The van der Waals surface area contributed by atoms with Gasteiger partial charge in [-0.1, -0.05) is 58.5 Å². The number of aromatic nitrogens is 1. The highest BCUT2D eigenvalue weighted by Gasteiger charge is 2.08. The summed E-state index contributed by atoms with van der Waals surface area (Å²) >= 11 is 1.00. The Morgan fingerprint density at radius 1 is 0.950 bits per heavy atom. The van der Waals surface area contributed by atoms with Crippen LogP contribution in [0.5, 0.6) is 0 Å². The van der Waals surface area contributed by atoms with Gasteiger partial charge < -0.3 is 4.84 Å². The second-order valence-electron chi connectivity index (χ2n) is 4.22. The van der Waals surface area contributed by atoms with Crippen LogP contribution in [0.1, 0.15) is 5.56 Å². The van der Waals surface area contributed by atoms with Crippen molar-refractivity contribution in [3.8, 4) is 0 Å². The van der Waals surface area contributed by atoms with E-state index in [0.717, 1.165) is 21.6 Å². The van der Waals surface area contributed by atoms with Gasteiger partial charge in [-0.3, -0.25) is 9.59 Å². The predicted molar refractivity (Wildman–Crippen MR) is 79.1 cm³/mol. The Morgan fingerprint density at radius 2 is 1.65 bits per heavy atom. The molecule has 3 rings (SSSR count). The Morgan fingerprint density at radius 3 is 2.45 bits per heavy atom. The molecule has 4 nitrogen and oxygen atoms in total. The van der Waals surface area contributed by atoms with Gasteiger partial charge in [-0.05, 0) is 17.7 Å². The summed E-state index contributed by atoms with van der Waals surface area (Å²) in [6.45, 7) is 0.182. The van der Waals surface area contributed by atoms with Gasteiger partial charge in [0.15, 0.2) is 0 Å². The van der Waals surface area contributed by atoms with Crippen molar-refractivity contribution < 1.29 is 4.84 Å². The lowest BCUT2D eigenvalue weighted by molar-refractivity contribution is 0.0859. The summed E-state index contributed by atoms with van der Waals surface area (Å²) in [6.07, 6.45) is 0. The Kier molecular flexibility index (Phi) is 3.35. The fourth-order valence-corrected chi connectivity index (χ4v) is 2.70. The minimum absolute atomic E-state index is 0.182. The van der Waals surface area contributed by atoms with Crippen molar-refractivity contribution >= 4 is 21.4 Å². The normalized spacial score (nSPS) is 10.6. The summed E-state index contributed by atoms with van der Waals surface area (Å²) in [5.74, 6) is 0. The van der Waals surface area contributed by atoms with Crippen LogP contribution in [0.2, 0.25) is 0 Å². The molecule has 0 N–H and O–H groups in total. The van der Waals surface area contributed by atoms with Crippen LogP contribution in [0.4, 0.5) is 0 Å². The molecule has 20 heavy (non-hydrogen) atoms. The molecule has 5 heteroatoms. The maximum absolute atomic E-state index is 12.2. The quantitative estimate of drug-likeness (QED) is 0.740. The van der Waals surface area contributed by atoms with Gasteiger partial charge in [-0.15, -0.1) is 0 Å². The molecule has 1 aromatic heterocycles. The van der Waals surface area contributed by atoms with E-state index < -0.39 is 10.4 Å². The minimum Gasteiger partial charge on any atom is -0.402 e. The van der Waals surface area contributed by atoms with Crippen LogP contribution >= 0.6 is 11.3 Å². The third kappa shape index (κ3) is 2.35. The van der Waals surface area contributed by atoms with Gasteiger partial charge in [0.25, 0.3) is 5.56 Å². The molecule has 3 aromatic rings. The zero-order chi connectivity index (χ0) is 13.9. The number of nitrogens with zero attached hydrogens (tertiary/aromatic N) is 1. The zero-order valence-electron chi connectivity index (χ0n) is 10.5. The van der Waals surface area contributed by atoms with E-state index >= 15 is 0 Å². The smallest absolute Gasteiger partial charge is 0.343 e. The summed E-state index contributed by atoms with van der Waals surface area (Å²) in [5, 5.41) is 0.491. The van der Waals surface area contributed by atoms with E-state index in [9.17, 15) is 9.59 Å². The van der Waals surface area contributed by atoms with Crippen molar-refractivity contribution in [2.45, 2.75) is 6.61 Å². The second-order valence-corrected chi connectivity index (χ2v) is 5.22. The predicted octanol–water partition coefficient (Wildman–Crippen LogP) is 2.05. The van der Waals surface area contributed by atoms with Crippen LogP contribution in [0.3, 0.4) is 0 Å². The van der Waals surface area contributed by atoms with E-state index in [-0.39, 0.29) is 6.61 Å². The van der Waals surface area contributed by atoms with Crippen LogP contribution in [-0.4, -0.2) is 4.73 Å². The first kappa shape index (κ1) is 12.6. The number of benzene rings is 2. The van der Waals surface area contributed by atoms with Gasteiger partial charge in [0.1, 0.15) is 6.61 Å². The zero-order valence-corrected chi connectivity index (χ0v) is 11.3. The van der Waals surface area contributed by atoms with E-state index in [2.05, 4.69) is 0 Å². The summed E-state index contributed by atoms with van der Waals surface area (Å²) < 4.78 is 1.50. The molecule has 0 spiro atoms. The average molecular weight is 285 g/mol. The molecule has 0 fully saturated rings. The van der Waals surface area contributed by atoms with Crippen molar-refractivity contribution in [1.82, 2.24) is 4.73 Å². The molecular weight excluding hydrogens is 274 g/mol. The summed E-state index contributed by atoms with van der Waals surface area (Å²) in [7, 11) is 0. The highest BCUT2D eigenvalue weighted by atomic mass is 32.1. The van der Waals surface area contributed by atoms with Crippen LogP contribution < -0.4 is 15.3 Å². The molecule has 0 saturated carbocycles. The van der Waals surface area contributed by atoms with Gasteiger partial charge >= 0.3 is 4.87 Å². The van der Waals surface area contributed by atoms with Crippen molar-refractivity contribution in [3.63, 3.8) is 0 Å². The first-order valence-electron chi connectivity index (χ1n) is 6.08. The van der Waals surface area contributed by atoms with Crippen molar-refractivity contribution in [2.75, 3.05) is 0 Å². The molecule has 100 valence electrons. The topological polar surface area (TPSA) is 48.3 Å². The lowest BCUT2D eigenvalue weighted by Crippen LogP contribution is -2.36. The van der Waals surface area contributed by atoms with Crippen LogP contribution in [-0.2, 0) is 6.61 Å². The van der Waals surface area contributed by atoms with E-state index in [1.165, 1.54) is 0 Å². The van der Waals surface area contributed by atoms with Gasteiger partial charge in [0, 0.05) is 4.70 Å². The van der Waals surface area contributed by atoms with Crippen molar-refractivity contribution in [1.29, 1.82) is 0 Å². The minimum atomic E-state index is -0.416. The molecule has 1 heterocycles. The standard InChI is InChI=1S/C15H11NO3S/c17-14-12-8-4-5-9-13(12)20-15(18)16(14)19-10-11-6-2-1-3-7-11/h1-9H,10H2. The fourth-order valence-electron chi connectivity index (χ4n) is 1.88. The highest BCUT2D eigenvalue weighted by molar-refractivity contribution is 7.16. The third-order valence-electron chi connectivity index (χ3n) is 2.87. The SMILES string of the molecule is O=c1sc2ccccc2c(=O)n1OCc1ccccc1. The van der Waals surface area contributed by atoms with Gasteiger partial charge in [0.2, 0.25) is 0 Å². The molecule has 2 aromatic carbocycles. The Bertz CT molecular complexity index is 852. The monoisotopic (exact) mass is 285 g/mol. The molecular formula is C15H11NO3S. The maximum Gasteiger partial charge on any atom is 0.343 e. The van der Waals surface area contributed by atoms with Gasteiger partial charge in [0.05, 0.1) is 5.39 Å². The van der Waals surface area contributed by atoms with E-state index in [1.54, 1.807) is 24.3 Å². The first-order valence-corrected chi connectivity index (χ1v) is 6.89. The lowest BCUT2D eigenvalue weighted by atomic mass is 10.2. The Balaban J connectivity index is 2.00. The molecule has 0 aliphatic carbocycles. The lowest BCUT2D eigenvalue weighted by Gasteiger charge is -2.07. The van der Waals surface area contributed by atoms with Crippen molar-refractivity contribution in [2.24, 2.45) is 0 Å². The van der Waals surface area contributed by atoms with Crippen LogP contribution in [0.25, 0.3) is 10.1 Å². The molecule has 0 bridgehead atoms. The molecule has 0 aliphatic heterocycles.